The molecule has 220 valence electrons. The minimum Gasteiger partial charge on any atom is -0.436 e. The number of para-hydroxylation sites is 2. The number of fused-ring (bicyclic) bond motifs is 7. The average molecular weight is 639 g/mol. The Morgan fingerprint density at radius 2 is 1.04 bits per heavy atom. The number of hydrogen-bond acceptors (Lipinski definition) is 7. The summed E-state index contributed by atoms with van der Waals surface area (Å²) in [6, 6.07) is 45.8. The van der Waals surface area contributed by atoms with Crippen LogP contribution in [0.3, 0.4) is 0 Å². The number of thiophene rings is 2. The van der Waals surface area contributed by atoms with Crippen molar-refractivity contribution in [2.75, 3.05) is 0 Å². The van der Waals surface area contributed by atoms with E-state index in [1.165, 1.54) is 24.9 Å². The van der Waals surface area contributed by atoms with Crippen LogP contribution in [0.15, 0.2) is 138 Å². The molecule has 0 amide bonds. The van der Waals surface area contributed by atoms with Crippen LogP contribution in [0.25, 0.3) is 97.1 Å². The van der Waals surface area contributed by atoms with Gasteiger partial charge in [-0.2, -0.15) is 0 Å². The van der Waals surface area contributed by atoms with Gasteiger partial charge in [-0.05, 0) is 42.5 Å². The molecule has 0 radical (unpaired) electrons. The second-order valence-corrected chi connectivity index (χ2v) is 13.6. The number of oxazole rings is 1. The predicted molar refractivity (Wildman–Crippen MR) is 195 cm³/mol. The summed E-state index contributed by atoms with van der Waals surface area (Å²) in [5.41, 5.74) is 5.52. The maximum Gasteiger partial charge on any atom is 0.227 e. The quantitative estimate of drug-likeness (QED) is 0.192. The van der Waals surface area contributed by atoms with Crippen molar-refractivity contribution < 1.29 is 4.42 Å². The van der Waals surface area contributed by atoms with Gasteiger partial charge in [0.25, 0.3) is 0 Å². The molecule has 0 unspecified atom stereocenters. The van der Waals surface area contributed by atoms with Gasteiger partial charge in [0.2, 0.25) is 5.89 Å². The van der Waals surface area contributed by atoms with E-state index in [1.54, 1.807) is 22.7 Å². The molecular weight excluding hydrogens is 617 g/mol. The first-order chi connectivity index (χ1) is 23.3. The monoisotopic (exact) mass is 638 g/mol. The lowest BCUT2D eigenvalue weighted by molar-refractivity contribution is 0.620. The molecule has 0 aliphatic rings. The summed E-state index contributed by atoms with van der Waals surface area (Å²) in [4.78, 5) is 20.2. The molecule has 0 N–H and O–H groups in total. The Hall–Kier alpha value is -5.76. The highest BCUT2D eigenvalue weighted by Crippen LogP contribution is 2.43. The van der Waals surface area contributed by atoms with E-state index >= 15 is 0 Å². The lowest BCUT2D eigenvalue weighted by Gasteiger charge is -2.10. The van der Waals surface area contributed by atoms with Crippen LogP contribution >= 0.6 is 22.7 Å². The Labute approximate surface area is 276 Å². The van der Waals surface area contributed by atoms with Crippen molar-refractivity contribution in [3.8, 4) is 45.6 Å². The van der Waals surface area contributed by atoms with Gasteiger partial charge in [0, 0.05) is 62.6 Å². The van der Waals surface area contributed by atoms with E-state index < -0.39 is 0 Å². The smallest absolute Gasteiger partial charge is 0.227 e. The molecule has 47 heavy (non-hydrogen) atoms. The zero-order valence-electron chi connectivity index (χ0n) is 24.7. The molecule has 4 heterocycles. The molecular formula is C40H22N4OS2. The highest BCUT2D eigenvalue weighted by Gasteiger charge is 2.20. The SMILES string of the molecule is c1ccc(-c2nc(-c3cccc4sc5ccccc5c34)nc(-c3cccc4sc5cc(-c6nc7ccccc7o6)ccc5c34)n2)cc1. The third kappa shape index (κ3) is 4.28. The fourth-order valence-corrected chi connectivity index (χ4v) is 8.74. The topological polar surface area (TPSA) is 64.7 Å². The number of hydrogen-bond donors (Lipinski definition) is 0. The van der Waals surface area contributed by atoms with Crippen molar-refractivity contribution in [2.24, 2.45) is 0 Å². The molecule has 0 fully saturated rings. The van der Waals surface area contributed by atoms with Crippen molar-refractivity contribution in [3.63, 3.8) is 0 Å². The van der Waals surface area contributed by atoms with Gasteiger partial charge >= 0.3 is 0 Å². The van der Waals surface area contributed by atoms with Gasteiger partial charge < -0.3 is 4.42 Å². The van der Waals surface area contributed by atoms with Crippen LogP contribution in [0.5, 0.6) is 0 Å². The Kier molecular flexibility index (Phi) is 5.85. The number of benzene rings is 6. The molecule has 5 nitrogen and oxygen atoms in total. The van der Waals surface area contributed by atoms with E-state index in [9.17, 15) is 0 Å². The Bertz CT molecular complexity index is 2780. The first-order valence-corrected chi connectivity index (χ1v) is 16.9. The number of rotatable bonds is 4. The molecule has 0 spiro atoms. The van der Waals surface area contributed by atoms with Crippen molar-refractivity contribution in [1.29, 1.82) is 0 Å². The zero-order chi connectivity index (χ0) is 30.9. The minimum atomic E-state index is 0.621. The van der Waals surface area contributed by atoms with Gasteiger partial charge in [-0.1, -0.05) is 91.0 Å². The maximum absolute atomic E-state index is 6.10. The van der Waals surface area contributed by atoms with E-state index in [0.29, 0.717) is 23.4 Å². The molecule has 4 aromatic heterocycles. The van der Waals surface area contributed by atoms with Gasteiger partial charge in [0.05, 0.1) is 0 Å². The summed E-state index contributed by atoms with van der Waals surface area (Å²) < 4.78 is 10.9. The summed E-state index contributed by atoms with van der Waals surface area (Å²) in [7, 11) is 0. The molecule has 0 aliphatic heterocycles. The van der Waals surface area contributed by atoms with Crippen molar-refractivity contribution >= 4 is 74.1 Å². The second kappa shape index (κ2) is 10.4. The van der Waals surface area contributed by atoms with Crippen LogP contribution in [0, 0.1) is 0 Å². The second-order valence-electron chi connectivity index (χ2n) is 11.4. The Balaban J connectivity index is 1.20. The van der Waals surface area contributed by atoms with Crippen LogP contribution in [0.4, 0.5) is 0 Å². The normalized spacial score (nSPS) is 11.8. The maximum atomic E-state index is 6.10. The molecule has 0 atom stereocenters. The number of nitrogens with zero attached hydrogens (tertiary/aromatic N) is 4. The van der Waals surface area contributed by atoms with Gasteiger partial charge in [-0.15, -0.1) is 22.7 Å². The summed E-state index contributed by atoms with van der Waals surface area (Å²) >= 11 is 3.55. The first-order valence-electron chi connectivity index (χ1n) is 15.3. The van der Waals surface area contributed by atoms with Gasteiger partial charge in [-0.3, -0.25) is 0 Å². The molecule has 7 heteroatoms. The van der Waals surface area contributed by atoms with E-state index in [2.05, 4.69) is 91.0 Å². The van der Waals surface area contributed by atoms with Crippen molar-refractivity contribution in [3.05, 3.63) is 133 Å². The Morgan fingerprint density at radius 1 is 0.426 bits per heavy atom. The van der Waals surface area contributed by atoms with Crippen LogP contribution in [-0.2, 0) is 0 Å². The summed E-state index contributed by atoms with van der Waals surface area (Å²) in [5.74, 6) is 2.59. The third-order valence-corrected chi connectivity index (χ3v) is 10.8. The third-order valence-electron chi connectivity index (χ3n) is 8.59. The van der Waals surface area contributed by atoms with E-state index in [0.717, 1.165) is 48.8 Å². The van der Waals surface area contributed by atoms with Gasteiger partial charge in [0.1, 0.15) is 5.52 Å². The summed E-state index contributed by atoms with van der Waals surface area (Å²) in [6.07, 6.45) is 0. The lowest BCUT2D eigenvalue weighted by atomic mass is 10.0. The highest BCUT2D eigenvalue weighted by molar-refractivity contribution is 7.26. The Morgan fingerprint density at radius 3 is 1.81 bits per heavy atom. The molecule has 10 rings (SSSR count). The lowest BCUT2D eigenvalue weighted by Crippen LogP contribution is -2.00. The van der Waals surface area contributed by atoms with E-state index in [-0.39, 0.29) is 0 Å². The van der Waals surface area contributed by atoms with Crippen molar-refractivity contribution in [2.45, 2.75) is 0 Å². The van der Waals surface area contributed by atoms with Crippen LogP contribution < -0.4 is 0 Å². The number of aromatic nitrogens is 4. The van der Waals surface area contributed by atoms with Gasteiger partial charge in [0.15, 0.2) is 23.1 Å². The fourth-order valence-electron chi connectivity index (χ4n) is 6.43. The molecule has 10 aromatic rings. The predicted octanol–water partition coefficient (Wildman–Crippen LogP) is 11.4. The first kappa shape index (κ1) is 26.5. The van der Waals surface area contributed by atoms with Gasteiger partial charge in [-0.25, -0.2) is 19.9 Å². The molecule has 6 aromatic carbocycles. The van der Waals surface area contributed by atoms with E-state index in [4.69, 9.17) is 24.4 Å². The summed E-state index contributed by atoms with van der Waals surface area (Å²) in [6.45, 7) is 0. The van der Waals surface area contributed by atoms with Crippen LogP contribution in [0.1, 0.15) is 0 Å². The highest BCUT2D eigenvalue weighted by atomic mass is 32.1. The standard InChI is InChI=1S/C40H22N4OS2/c1-2-10-23(11-3-1)37-42-38(27-13-8-18-32-35(27)25-12-4-7-17-31(25)46-32)44-39(43-37)28-14-9-19-33-36(28)26-21-20-24(22-34(26)47-33)40-41-29-15-5-6-16-30(29)45-40/h1-22H. The van der Waals surface area contributed by atoms with Crippen LogP contribution in [0.2, 0.25) is 0 Å². The largest absolute Gasteiger partial charge is 0.436 e. The molecule has 0 aliphatic carbocycles. The average Bonchev–Trinajstić information content (AvgIpc) is 3.84. The van der Waals surface area contributed by atoms with E-state index in [1.807, 2.05) is 42.5 Å². The summed E-state index contributed by atoms with van der Waals surface area (Å²) in [5, 5.41) is 4.67. The minimum absolute atomic E-state index is 0.621. The molecule has 0 saturated heterocycles. The molecule has 0 bridgehead atoms. The fraction of sp³-hybridized carbons (Fsp3) is 0. The van der Waals surface area contributed by atoms with Crippen LogP contribution in [-0.4, -0.2) is 19.9 Å². The zero-order valence-corrected chi connectivity index (χ0v) is 26.3. The van der Waals surface area contributed by atoms with Crippen molar-refractivity contribution in [1.82, 2.24) is 19.9 Å². The molecule has 0 saturated carbocycles.